The molecule has 0 saturated heterocycles. The monoisotopic (exact) mass is 397 g/mol. The Hall–Kier alpha value is -3.42. The zero-order chi connectivity index (χ0) is 20.9. The molecule has 3 N–H and O–H groups in total. The molecule has 0 saturated carbocycles. The quantitative estimate of drug-likeness (QED) is 0.551. The van der Waals surface area contributed by atoms with E-state index in [2.05, 4.69) is 16.0 Å². The summed E-state index contributed by atoms with van der Waals surface area (Å²) >= 11 is 0. The average Bonchev–Trinajstić information content (AvgIpc) is 3.25. The van der Waals surface area contributed by atoms with Crippen molar-refractivity contribution < 1.29 is 13.6 Å². The molecule has 1 aromatic heterocycles. The van der Waals surface area contributed by atoms with Crippen LogP contribution in [-0.4, -0.2) is 5.91 Å². The lowest BCUT2D eigenvalue weighted by Crippen LogP contribution is -2.37. The summed E-state index contributed by atoms with van der Waals surface area (Å²) in [5.41, 5.74) is -0.798. The normalized spacial score (nSPS) is 16.6. The number of aryl methyl sites for hydroxylation is 1. The Balaban J connectivity index is 1.69. The number of nitrogens with one attached hydrogen (secondary N) is 3. The maximum Gasteiger partial charge on any atom is 0.254 e. The van der Waals surface area contributed by atoms with Crippen LogP contribution in [0.3, 0.4) is 0 Å². The Labute approximate surface area is 165 Å². The summed E-state index contributed by atoms with van der Waals surface area (Å²) in [5.74, 6) is 0.246. The molecule has 4 rings (SSSR count). The van der Waals surface area contributed by atoms with Crippen molar-refractivity contribution >= 4 is 23.0 Å². The summed E-state index contributed by atoms with van der Waals surface area (Å²) in [6, 6.07) is 5.77. The Bertz CT molecular complexity index is 1190. The number of carbonyl (C=O) groups is 1. The minimum absolute atomic E-state index is 0.0550. The lowest BCUT2D eigenvalue weighted by Gasteiger charge is -2.21. The molecule has 29 heavy (non-hydrogen) atoms. The minimum atomic E-state index is -0.763. The molecule has 8 heteroatoms. The van der Waals surface area contributed by atoms with Crippen molar-refractivity contribution in [2.24, 2.45) is 0 Å². The second kappa shape index (κ2) is 6.88. The van der Waals surface area contributed by atoms with Crippen LogP contribution in [-0.2, 0) is 0 Å². The standard InChI is InChI=1S/C21H20FN3O4/c1-4-13(14-8-5-9(2)29-14)24-17-18(20(27)19(17)26)25-16-12(22)7-6-11-10(3)23-21(28)15(11)16/h5-8,10,13,24-25H,4H2,1-3H3,(H,23,28)/t10-,13+/m0/s1. The van der Waals surface area contributed by atoms with Crippen molar-refractivity contribution in [2.45, 2.75) is 39.3 Å². The zero-order valence-corrected chi connectivity index (χ0v) is 16.2. The van der Waals surface area contributed by atoms with E-state index >= 15 is 0 Å². The largest absolute Gasteiger partial charge is 0.464 e. The van der Waals surface area contributed by atoms with Gasteiger partial charge in [0.2, 0.25) is 0 Å². The molecule has 7 nitrogen and oxygen atoms in total. The first-order valence-electron chi connectivity index (χ1n) is 9.38. The highest BCUT2D eigenvalue weighted by Gasteiger charge is 2.32. The Morgan fingerprint density at radius 3 is 2.48 bits per heavy atom. The number of amides is 1. The first-order valence-corrected chi connectivity index (χ1v) is 9.38. The van der Waals surface area contributed by atoms with Crippen LogP contribution in [0.25, 0.3) is 0 Å². The third-order valence-electron chi connectivity index (χ3n) is 5.22. The van der Waals surface area contributed by atoms with Crippen LogP contribution in [0, 0.1) is 12.7 Å². The molecule has 0 radical (unpaired) electrons. The summed E-state index contributed by atoms with van der Waals surface area (Å²) < 4.78 is 20.1. The van der Waals surface area contributed by atoms with Crippen LogP contribution in [0.5, 0.6) is 0 Å². The van der Waals surface area contributed by atoms with Gasteiger partial charge in [-0.05, 0) is 44.0 Å². The van der Waals surface area contributed by atoms with Gasteiger partial charge < -0.3 is 20.4 Å². The van der Waals surface area contributed by atoms with E-state index in [1.54, 1.807) is 13.0 Å². The van der Waals surface area contributed by atoms with Crippen molar-refractivity contribution in [1.29, 1.82) is 0 Å². The maximum atomic E-state index is 14.5. The molecule has 0 bridgehead atoms. The summed E-state index contributed by atoms with van der Waals surface area (Å²) in [6.07, 6.45) is 0.597. The number of rotatable bonds is 6. The molecule has 0 aliphatic carbocycles. The van der Waals surface area contributed by atoms with Gasteiger partial charge in [-0.1, -0.05) is 13.0 Å². The van der Waals surface area contributed by atoms with Gasteiger partial charge in [0.15, 0.2) is 0 Å². The van der Waals surface area contributed by atoms with E-state index in [4.69, 9.17) is 4.42 Å². The summed E-state index contributed by atoms with van der Waals surface area (Å²) in [4.78, 5) is 36.6. The van der Waals surface area contributed by atoms with Crippen molar-refractivity contribution in [3.05, 3.63) is 73.2 Å². The van der Waals surface area contributed by atoms with Crippen LogP contribution in [0.15, 0.2) is 38.3 Å². The predicted molar refractivity (Wildman–Crippen MR) is 107 cm³/mol. The molecule has 0 fully saturated rings. The minimum Gasteiger partial charge on any atom is -0.464 e. The van der Waals surface area contributed by atoms with E-state index in [1.165, 1.54) is 12.1 Å². The fraction of sp³-hybridized carbons (Fsp3) is 0.286. The SMILES string of the molecule is CC[C@@H](Nc1c(Nc2c(F)ccc3c2C(=O)N[C@H]3C)c(=O)c1=O)c1ccc(C)o1. The van der Waals surface area contributed by atoms with Gasteiger partial charge in [-0.15, -0.1) is 0 Å². The average molecular weight is 397 g/mol. The van der Waals surface area contributed by atoms with E-state index < -0.39 is 22.6 Å². The van der Waals surface area contributed by atoms with Gasteiger partial charge in [0.05, 0.1) is 23.3 Å². The number of halogens is 1. The molecule has 0 unspecified atom stereocenters. The lowest BCUT2D eigenvalue weighted by atomic mass is 10.0. The number of furan rings is 1. The molecule has 1 aliphatic rings. The second-order valence-corrected chi connectivity index (χ2v) is 7.17. The van der Waals surface area contributed by atoms with Crippen LogP contribution < -0.4 is 26.8 Å². The van der Waals surface area contributed by atoms with Crippen molar-refractivity contribution in [1.82, 2.24) is 5.32 Å². The third kappa shape index (κ3) is 3.00. The first kappa shape index (κ1) is 18.9. The van der Waals surface area contributed by atoms with Gasteiger partial charge in [0.1, 0.15) is 28.7 Å². The Kier molecular flexibility index (Phi) is 4.49. The molecule has 1 aliphatic heterocycles. The predicted octanol–water partition coefficient (Wildman–Crippen LogP) is 3.43. The smallest absolute Gasteiger partial charge is 0.254 e. The highest BCUT2D eigenvalue weighted by molar-refractivity contribution is 6.05. The molecular formula is C21H20FN3O4. The number of fused-ring (bicyclic) bond motifs is 1. The van der Waals surface area contributed by atoms with Gasteiger partial charge in [-0.25, -0.2) is 4.39 Å². The van der Waals surface area contributed by atoms with Crippen LogP contribution >= 0.6 is 0 Å². The van der Waals surface area contributed by atoms with Crippen molar-refractivity contribution in [3.8, 4) is 0 Å². The zero-order valence-electron chi connectivity index (χ0n) is 16.2. The van der Waals surface area contributed by atoms with E-state index in [9.17, 15) is 18.8 Å². The number of benzene rings is 1. The highest BCUT2D eigenvalue weighted by Crippen LogP contribution is 2.35. The van der Waals surface area contributed by atoms with Gasteiger partial charge in [0.25, 0.3) is 16.8 Å². The molecule has 2 aromatic carbocycles. The van der Waals surface area contributed by atoms with E-state index in [1.807, 2.05) is 19.9 Å². The van der Waals surface area contributed by atoms with Gasteiger partial charge in [-0.2, -0.15) is 0 Å². The fourth-order valence-electron chi connectivity index (χ4n) is 3.63. The molecule has 2 heterocycles. The van der Waals surface area contributed by atoms with Gasteiger partial charge >= 0.3 is 0 Å². The molecule has 0 spiro atoms. The van der Waals surface area contributed by atoms with Crippen molar-refractivity contribution in [3.63, 3.8) is 0 Å². The number of anilines is 3. The molecule has 1 amide bonds. The van der Waals surface area contributed by atoms with Crippen LogP contribution in [0.2, 0.25) is 0 Å². The van der Waals surface area contributed by atoms with E-state index in [0.29, 0.717) is 17.7 Å². The first-order chi connectivity index (χ1) is 13.8. The van der Waals surface area contributed by atoms with Crippen LogP contribution in [0.4, 0.5) is 21.5 Å². The molecular weight excluding hydrogens is 377 g/mol. The van der Waals surface area contributed by atoms with Gasteiger partial charge in [0, 0.05) is 0 Å². The fourth-order valence-corrected chi connectivity index (χ4v) is 3.63. The lowest BCUT2D eigenvalue weighted by molar-refractivity contribution is 0.0959. The topological polar surface area (TPSA) is 100 Å². The summed E-state index contributed by atoms with van der Waals surface area (Å²) in [5, 5.41) is 8.43. The Morgan fingerprint density at radius 2 is 1.83 bits per heavy atom. The second-order valence-electron chi connectivity index (χ2n) is 7.17. The number of hydrogen-bond acceptors (Lipinski definition) is 6. The van der Waals surface area contributed by atoms with E-state index in [0.717, 1.165) is 5.76 Å². The van der Waals surface area contributed by atoms with Crippen molar-refractivity contribution in [2.75, 3.05) is 10.6 Å². The molecule has 2 atom stereocenters. The number of carbonyl (C=O) groups excluding carboxylic acids is 1. The molecule has 150 valence electrons. The molecule has 3 aromatic rings. The van der Waals surface area contributed by atoms with Gasteiger partial charge in [-0.3, -0.25) is 14.4 Å². The third-order valence-corrected chi connectivity index (χ3v) is 5.22. The Morgan fingerprint density at radius 1 is 1.10 bits per heavy atom. The highest BCUT2D eigenvalue weighted by atomic mass is 19.1. The maximum absolute atomic E-state index is 14.5. The number of hydrogen-bond donors (Lipinski definition) is 3. The summed E-state index contributed by atoms with van der Waals surface area (Å²) in [7, 11) is 0. The summed E-state index contributed by atoms with van der Waals surface area (Å²) in [6.45, 7) is 5.50. The van der Waals surface area contributed by atoms with Crippen LogP contribution in [0.1, 0.15) is 59.8 Å². The van der Waals surface area contributed by atoms with E-state index in [-0.39, 0.29) is 34.7 Å².